The molecule has 1 heterocycles. The molecule has 0 aliphatic heterocycles. The molecule has 1 aromatic carbocycles. The van der Waals surface area contributed by atoms with Crippen LogP contribution in [0.2, 0.25) is 0 Å². The fourth-order valence-electron chi connectivity index (χ4n) is 4.98. The van der Waals surface area contributed by atoms with Crippen molar-refractivity contribution in [3.8, 4) is 11.5 Å². The topological polar surface area (TPSA) is 51.4 Å². The van der Waals surface area contributed by atoms with E-state index in [1.165, 1.54) is 83.5 Å². The summed E-state index contributed by atoms with van der Waals surface area (Å²) in [6.07, 6.45) is 23.6. The SMILES string of the molecule is CCCCCCCCCCCCCCCCOc1ccc(C(CC)NC(=O)c2cc[n+](CC)cc2)cc1OC. The third kappa shape index (κ3) is 12.9. The number of carbonyl (C=O) groups excluding carboxylic acids is 1. The highest BCUT2D eigenvalue weighted by Crippen LogP contribution is 2.31. The highest BCUT2D eigenvalue weighted by atomic mass is 16.5. The second-order valence-corrected chi connectivity index (χ2v) is 10.7. The van der Waals surface area contributed by atoms with Crippen LogP contribution >= 0.6 is 0 Å². The number of unbranched alkanes of at least 4 members (excludes halogenated alkanes) is 13. The van der Waals surface area contributed by atoms with Gasteiger partial charge in [-0.25, -0.2) is 4.57 Å². The Bertz CT molecular complexity index is 913. The first-order chi connectivity index (χ1) is 19.1. The van der Waals surface area contributed by atoms with Crippen LogP contribution in [0.15, 0.2) is 42.7 Å². The number of rotatable bonds is 22. The Morgan fingerprint density at radius 2 is 1.33 bits per heavy atom. The van der Waals surface area contributed by atoms with Crippen LogP contribution in [-0.4, -0.2) is 19.6 Å². The van der Waals surface area contributed by atoms with Gasteiger partial charge in [-0.05, 0) is 37.5 Å². The lowest BCUT2D eigenvalue weighted by molar-refractivity contribution is -0.693. The van der Waals surface area contributed by atoms with E-state index in [-0.39, 0.29) is 11.9 Å². The predicted molar refractivity (Wildman–Crippen MR) is 162 cm³/mol. The van der Waals surface area contributed by atoms with Gasteiger partial charge in [0.05, 0.1) is 25.3 Å². The van der Waals surface area contributed by atoms with Gasteiger partial charge in [0.1, 0.15) is 6.54 Å². The van der Waals surface area contributed by atoms with Gasteiger partial charge in [-0.1, -0.05) is 103 Å². The van der Waals surface area contributed by atoms with E-state index in [4.69, 9.17) is 9.47 Å². The van der Waals surface area contributed by atoms with Gasteiger partial charge in [0, 0.05) is 12.1 Å². The Labute approximate surface area is 238 Å². The molecule has 1 amide bonds. The van der Waals surface area contributed by atoms with Crippen molar-refractivity contribution in [1.29, 1.82) is 0 Å². The monoisotopic (exact) mass is 539 g/mol. The number of aromatic nitrogens is 1. The molecule has 1 aromatic heterocycles. The zero-order valence-electron chi connectivity index (χ0n) is 25.3. The predicted octanol–water partition coefficient (Wildman–Crippen LogP) is 8.74. The van der Waals surface area contributed by atoms with Crippen molar-refractivity contribution in [2.24, 2.45) is 0 Å². The quantitative estimate of drug-likeness (QED) is 0.120. The van der Waals surface area contributed by atoms with E-state index in [2.05, 4.69) is 26.1 Å². The van der Waals surface area contributed by atoms with Crippen molar-refractivity contribution in [2.75, 3.05) is 13.7 Å². The fraction of sp³-hybridized carbons (Fsp3) is 0.647. The molecule has 0 aliphatic carbocycles. The maximum Gasteiger partial charge on any atom is 0.252 e. The molecule has 0 bridgehead atoms. The van der Waals surface area contributed by atoms with Crippen molar-refractivity contribution in [3.05, 3.63) is 53.9 Å². The number of ether oxygens (including phenoxy) is 2. The molecule has 0 radical (unpaired) electrons. The lowest BCUT2D eigenvalue weighted by atomic mass is 10.0. The summed E-state index contributed by atoms with van der Waals surface area (Å²) in [6, 6.07) is 9.63. The van der Waals surface area contributed by atoms with E-state index >= 15 is 0 Å². The van der Waals surface area contributed by atoms with Crippen molar-refractivity contribution in [2.45, 2.75) is 130 Å². The summed E-state index contributed by atoms with van der Waals surface area (Å²) in [6.45, 7) is 8.02. The summed E-state index contributed by atoms with van der Waals surface area (Å²) < 4.78 is 13.7. The first-order valence-electron chi connectivity index (χ1n) is 15.7. The maximum atomic E-state index is 12.8. The summed E-state index contributed by atoms with van der Waals surface area (Å²) in [5, 5.41) is 3.16. The average molecular weight is 540 g/mol. The number of aryl methyl sites for hydroxylation is 1. The van der Waals surface area contributed by atoms with Crippen LogP contribution in [0.1, 0.15) is 139 Å². The van der Waals surface area contributed by atoms with Crippen LogP contribution in [0, 0.1) is 0 Å². The lowest BCUT2D eigenvalue weighted by Crippen LogP contribution is -2.33. The number of methoxy groups -OCH3 is 1. The minimum Gasteiger partial charge on any atom is -0.493 e. The molecule has 39 heavy (non-hydrogen) atoms. The van der Waals surface area contributed by atoms with Crippen molar-refractivity contribution >= 4 is 5.91 Å². The zero-order valence-corrected chi connectivity index (χ0v) is 25.3. The maximum absolute atomic E-state index is 12.8. The van der Waals surface area contributed by atoms with Crippen LogP contribution < -0.4 is 19.4 Å². The number of nitrogens with one attached hydrogen (secondary N) is 1. The van der Waals surface area contributed by atoms with Gasteiger partial charge >= 0.3 is 0 Å². The van der Waals surface area contributed by atoms with E-state index in [0.717, 1.165) is 30.7 Å². The molecule has 218 valence electrons. The van der Waals surface area contributed by atoms with E-state index in [0.29, 0.717) is 17.9 Å². The van der Waals surface area contributed by atoms with Gasteiger partial charge in [0.25, 0.3) is 5.91 Å². The van der Waals surface area contributed by atoms with E-state index in [9.17, 15) is 4.79 Å². The largest absolute Gasteiger partial charge is 0.493 e. The summed E-state index contributed by atoms with van der Waals surface area (Å²) in [5.74, 6) is 1.42. The minimum atomic E-state index is -0.0928. The van der Waals surface area contributed by atoms with E-state index in [1.54, 1.807) is 7.11 Å². The smallest absolute Gasteiger partial charge is 0.252 e. The number of nitrogens with zero attached hydrogens (tertiary/aromatic N) is 1. The Balaban J connectivity index is 1.65. The molecule has 1 N–H and O–H groups in total. The Morgan fingerprint density at radius 3 is 1.85 bits per heavy atom. The molecular formula is C34H55N2O3+. The lowest BCUT2D eigenvalue weighted by Gasteiger charge is -2.19. The molecule has 1 unspecified atom stereocenters. The summed E-state index contributed by atoms with van der Waals surface area (Å²) in [5.41, 5.74) is 1.68. The number of pyridine rings is 1. The van der Waals surface area contributed by atoms with Crippen molar-refractivity contribution in [3.63, 3.8) is 0 Å². The second kappa shape index (κ2) is 20.4. The molecule has 0 spiro atoms. The minimum absolute atomic E-state index is 0.0674. The first kappa shape index (κ1) is 32.7. The number of amides is 1. The highest BCUT2D eigenvalue weighted by molar-refractivity contribution is 5.94. The molecule has 0 saturated carbocycles. The van der Waals surface area contributed by atoms with Gasteiger partial charge < -0.3 is 14.8 Å². The Morgan fingerprint density at radius 1 is 0.769 bits per heavy atom. The van der Waals surface area contributed by atoms with Crippen LogP contribution in [0.4, 0.5) is 0 Å². The highest BCUT2D eigenvalue weighted by Gasteiger charge is 2.17. The van der Waals surface area contributed by atoms with Crippen LogP contribution in [0.5, 0.6) is 11.5 Å². The molecule has 1 atom stereocenters. The van der Waals surface area contributed by atoms with Crippen LogP contribution in [-0.2, 0) is 6.54 Å². The molecule has 0 fully saturated rings. The third-order valence-electron chi connectivity index (χ3n) is 7.58. The van der Waals surface area contributed by atoms with Gasteiger partial charge in [-0.15, -0.1) is 0 Å². The van der Waals surface area contributed by atoms with Crippen molar-refractivity contribution < 1.29 is 18.8 Å². The summed E-state index contributed by atoms with van der Waals surface area (Å²) in [4.78, 5) is 12.8. The van der Waals surface area contributed by atoms with Crippen molar-refractivity contribution in [1.82, 2.24) is 5.32 Å². The van der Waals surface area contributed by atoms with Crippen LogP contribution in [0.3, 0.4) is 0 Å². The molecule has 5 nitrogen and oxygen atoms in total. The standard InChI is InChI=1S/C34H54N2O3/c1-5-8-9-10-11-12-13-14-15-16-17-18-19-20-27-39-32-22-21-30(28-33(32)38-4)31(6-2)35-34(37)29-23-25-36(7-3)26-24-29/h21-26,28,31H,5-20,27H2,1-4H3/p+1. The normalized spacial score (nSPS) is 11.8. The van der Waals surface area contributed by atoms with Crippen LogP contribution in [0.25, 0.3) is 0 Å². The molecule has 2 rings (SSSR count). The van der Waals surface area contributed by atoms with Gasteiger partial charge in [-0.3, -0.25) is 4.79 Å². The molecule has 0 aliphatic rings. The van der Waals surface area contributed by atoms with Gasteiger partial charge in [0.15, 0.2) is 23.9 Å². The fourth-order valence-corrected chi connectivity index (χ4v) is 4.98. The number of hydrogen-bond acceptors (Lipinski definition) is 3. The molecular weight excluding hydrogens is 484 g/mol. The summed E-state index contributed by atoms with van der Waals surface area (Å²) in [7, 11) is 1.67. The Hall–Kier alpha value is -2.56. The van der Waals surface area contributed by atoms with Gasteiger partial charge in [-0.2, -0.15) is 0 Å². The number of benzene rings is 1. The zero-order chi connectivity index (χ0) is 28.1. The van der Waals surface area contributed by atoms with E-state index < -0.39 is 0 Å². The number of hydrogen-bond donors (Lipinski definition) is 1. The summed E-state index contributed by atoms with van der Waals surface area (Å²) >= 11 is 0. The first-order valence-corrected chi connectivity index (χ1v) is 15.7. The molecule has 5 heteroatoms. The Kier molecular flexibility index (Phi) is 17.0. The third-order valence-corrected chi connectivity index (χ3v) is 7.58. The van der Waals surface area contributed by atoms with Gasteiger partial charge in [0.2, 0.25) is 0 Å². The second-order valence-electron chi connectivity index (χ2n) is 10.7. The van der Waals surface area contributed by atoms with E-state index in [1.807, 2.05) is 47.3 Å². The molecule has 0 saturated heterocycles. The average Bonchev–Trinajstić information content (AvgIpc) is 2.97. The number of carbonyl (C=O) groups is 1. The molecule has 2 aromatic rings.